The molecule has 9 nitrogen and oxygen atoms in total. The molecule has 31 heavy (non-hydrogen) atoms. The second-order valence-electron chi connectivity index (χ2n) is 7.17. The predicted molar refractivity (Wildman–Crippen MR) is 110 cm³/mol. The number of hydrogen-bond acceptors (Lipinski definition) is 8. The first kappa shape index (κ1) is 21.1. The van der Waals surface area contributed by atoms with Crippen molar-refractivity contribution in [1.82, 2.24) is 19.4 Å². The second kappa shape index (κ2) is 9.36. The van der Waals surface area contributed by atoms with Crippen LogP contribution in [-0.4, -0.2) is 46.9 Å². The van der Waals surface area contributed by atoms with Crippen molar-refractivity contribution in [2.24, 2.45) is 0 Å². The third-order valence-corrected chi connectivity index (χ3v) is 6.92. The maximum absolute atomic E-state index is 12.8. The van der Waals surface area contributed by atoms with Gasteiger partial charge >= 0.3 is 5.97 Å². The van der Waals surface area contributed by atoms with E-state index >= 15 is 0 Å². The van der Waals surface area contributed by atoms with Crippen LogP contribution >= 0.6 is 0 Å². The van der Waals surface area contributed by atoms with Crippen molar-refractivity contribution in [2.45, 2.75) is 37.2 Å². The number of carbonyl (C=O) groups is 1. The van der Waals surface area contributed by atoms with Crippen molar-refractivity contribution in [3.8, 4) is 11.4 Å². The number of esters is 1. The Kier molecular flexibility index (Phi) is 6.38. The number of hydrogen-bond donors (Lipinski definition) is 0. The van der Waals surface area contributed by atoms with Crippen LogP contribution in [0.4, 0.5) is 0 Å². The molecule has 1 fully saturated rings. The van der Waals surface area contributed by atoms with Gasteiger partial charge in [0, 0.05) is 31.0 Å². The van der Waals surface area contributed by atoms with Crippen LogP contribution in [0.5, 0.6) is 0 Å². The summed E-state index contributed by atoms with van der Waals surface area (Å²) in [7, 11) is -3.56. The summed E-state index contributed by atoms with van der Waals surface area (Å²) >= 11 is 0. The van der Waals surface area contributed by atoms with Gasteiger partial charge in [0.2, 0.25) is 15.8 Å². The molecule has 0 amide bonds. The Labute approximate surface area is 180 Å². The topological polar surface area (TPSA) is 115 Å². The number of rotatable bonds is 6. The third-order valence-electron chi connectivity index (χ3n) is 5.01. The molecule has 3 heterocycles. The van der Waals surface area contributed by atoms with Gasteiger partial charge < -0.3 is 9.26 Å². The zero-order valence-electron chi connectivity index (χ0n) is 16.8. The summed E-state index contributed by atoms with van der Waals surface area (Å²) in [6.07, 6.45) is 7.05. The molecule has 0 bridgehead atoms. The molecule has 1 aliphatic heterocycles. The monoisotopic (exact) mass is 442 g/mol. The summed E-state index contributed by atoms with van der Waals surface area (Å²) in [6.45, 7) is 0.856. The molecule has 0 spiro atoms. The van der Waals surface area contributed by atoms with Gasteiger partial charge in [0.25, 0.3) is 5.89 Å². The molecule has 0 unspecified atom stereocenters. The molecule has 1 aliphatic rings. The average molecular weight is 442 g/mol. The van der Waals surface area contributed by atoms with Gasteiger partial charge in [0.05, 0.1) is 10.5 Å². The molecule has 1 aromatic carbocycles. The van der Waals surface area contributed by atoms with E-state index in [0.717, 1.165) is 25.7 Å². The first-order valence-corrected chi connectivity index (χ1v) is 11.5. The molecule has 0 atom stereocenters. The van der Waals surface area contributed by atoms with E-state index in [4.69, 9.17) is 9.26 Å². The Bertz CT molecular complexity index is 1120. The van der Waals surface area contributed by atoms with E-state index < -0.39 is 16.0 Å². The van der Waals surface area contributed by atoms with Crippen LogP contribution in [0.3, 0.4) is 0 Å². The molecular formula is C21H22N4O5S. The van der Waals surface area contributed by atoms with Gasteiger partial charge in [0.1, 0.15) is 0 Å². The maximum Gasteiger partial charge on any atom is 0.338 e. The molecule has 162 valence electrons. The largest absolute Gasteiger partial charge is 0.452 e. The average Bonchev–Trinajstić information content (AvgIpc) is 3.10. The second-order valence-corrected chi connectivity index (χ2v) is 9.11. The van der Waals surface area contributed by atoms with Gasteiger partial charge in [-0.05, 0) is 49.2 Å². The molecule has 2 aromatic heterocycles. The van der Waals surface area contributed by atoms with Crippen LogP contribution in [-0.2, 0) is 21.4 Å². The fraction of sp³-hybridized carbons (Fsp3) is 0.333. The lowest BCUT2D eigenvalue weighted by molar-refractivity contribution is 0.0429. The van der Waals surface area contributed by atoms with Gasteiger partial charge in [-0.1, -0.05) is 18.0 Å². The zero-order chi connectivity index (χ0) is 21.7. The first-order chi connectivity index (χ1) is 15.0. The summed E-state index contributed by atoms with van der Waals surface area (Å²) in [5.74, 6) is -0.116. The molecule has 10 heteroatoms. The summed E-state index contributed by atoms with van der Waals surface area (Å²) in [4.78, 5) is 20.7. The van der Waals surface area contributed by atoms with E-state index in [1.54, 1.807) is 24.5 Å². The number of benzene rings is 1. The van der Waals surface area contributed by atoms with Crippen molar-refractivity contribution in [3.05, 3.63) is 60.2 Å². The number of carbonyl (C=O) groups excluding carboxylic acids is 1. The fourth-order valence-electron chi connectivity index (χ4n) is 3.33. The Hall–Kier alpha value is -3.11. The zero-order valence-corrected chi connectivity index (χ0v) is 17.6. The first-order valence-electron chi connectivity index (χ1n) is 10.0. The van der Waals surface area contributed by atoms with E-state index in [9.17, 15) is 13.2 Å². The summed E-state index contributed by atoms with van der Waals surface area (Å²) in [5, 5.41) is 3.84. The Morgan fingerprint density at radius 3 is 2.48 bits per heavy atom. The van der Waals surface area contributed by atoms with Gasteiger partial charge in [-0.3, -0.25) is 4.98 Å². The third kappa shape index (κ3) is 4.97. The van der Waals surface area contributed by atoms with Gasteiger partial charge in [-0.25, -0.2) is 13.2 Å². The quantitative estimate of drug-likeness (QED) is 0.535. The molecule has 3 aromatic rings. The number of aromatic nitrogens is 3. The summed E-state index contributed by atoms with van der Waals surface area (Å²) < 4.78 is 37.5. The van der Waals surface area contributed by atoms with Crippen molar-refractivity contribution in [2.75, 3.05) is 13.1 Å². The Balaban J connectivity index is 1.38. The molecule has 0 radical (unpaired) electrons. The number of sulfonamides is 1. The Morgan fingerprint density at radius 1 is 1.06 bits per heavy atom. The van der Waals surface area contributed by atoms with Gasteiger partial charge in [0.15, 0.2) is 6.61 Å². The highest BCUT2D eigenvalue weighted by Gasteiger charge is 2.25. The smallest absolute Gasteiger partial charge is 0.338 e. The lowest BCUT2D eigenvalue weighted by atomic mass is 10.2. The van der Waals surface area contributed by atoms with Crippen molar-refractivity contribution >= 4 is 16.0 Å². The van der Waals surface area contributed by atoms with E-state index in [0.29, 0.717) is 24.5 Å². The molecule has 0 N–H and O–H groups in total. The maximum atomic E-state index is 12.8. The predicted octanol–water partition coefficient (Wildman–Crippen LogP) is 3.05. The number of nitrogens with zero attached hydrogens (tertiary/aromatic N) is 4. The van der Waals surface area contributed by atoms with Crippen LogP contribution in [0.2, 0.25) is 0 Å². The van der Waals surface area contributed by atoms with Crippen LogP contribution in [0, 0.1) is 0 Å². The van der Waals surface area contributed by atoms with Gasteiger partial charge in [-0.15, -0.1) is 0 Å². The number of pyridine rings is 1. The SMILES string of the molecule is O=C(OCc1nc(-c2cccnc2)no1)c1ccc(S(=O)(=O)N2CCCCCC2)cc1. The summed E-state index contributed by atoms with van der Waals surface area (Å²) in [5.41, 5.74) is 0.923. The molecule has 0 aliphatic carbocycles. The highest BCUT2D eigenvalue weighted by Crippen LogP contribution is 2.21. The van der Waals surface area contributed by atoms with Crippen molar-refractivity contribution in [3.63, 3.8) is 0 Å². The standard InChI is InChI=1S/C21H22N4O5S/c26-21(29-15-19-23-20(24-30-19)17-6-5-11-22-14-17)16-7-9-18(10-8-16)31(27,28)25-12-3-1-2-4-13-25/h5-11,14H,1-4,12-13,15H2. The van der Waals surface area contributed by atoms with Crippen LogP contribution in [0.25, 0.3) is 11.4 Å². The summed E-state index contributed by atoms with van der Waals surface area (Å²) in [6, 6.07) is 9.30. The molecule has 4 rings (SSSR count). The molecule has 0 saturated carbocycles. The minimum Gasteiger partial charge on any atom is -0.452 e. The van der Waals surface area contributed by atoms with E-state index in [1.165, 1.54) is 28.6 Å². The Morgan fingerprint density at radius 2 is 1.81 bits per heavy atom. The molecular weight excluding hydrogens is 420 g/mol. The van der Waals surface area contributed by atoms with E-state index in [1.807, 2.05) is 0 Å². The van der Waals surface area contributed by atoms with Crippen molar-refractivity contribution < 1.29 is 22.5 Å². The van der Waals surface area contributed by atoms with Crippen LogP contribution in [0.1, 0.15) is 41.9 Å². The highest BCUT2D eigenvalue weighted by atomic mass is 32.2. The van der Waals surface area contributed by atoms with Crippen LogP contribution < -0.4 is 0 Å². The minimum atomic E-state index is -3.56. The number of ether oxygens (including phenoxy) is 1. The van der Waals surface area contributed by atoms with Gasteiger partial charge in [-0.2, -0.15) is 9.29 Å². The van der Waals surface area contributed by atoms with Crippen LogP contribution in [0.15, 0.2) is 58.2 Å². The molecule has 1 saturated heterocycles. The van der Waals surface area contributed by atoms with Crippen molar-refractivity contribution in [1.29, 1.82) is 0 Å². The fourth-order valence-corrected chi connectivity index (χ4v) is 4.85. The lowest BCUT2D eigenvalue weighted by Gasteiger charge is -2.19. The minimum absolute atomic E-state index is 0.146. The normalized spacial score (nSPS) is 15.4. The lowest BCUT2D eigenvalue weighted by Crippen LogP contribution is -2.31. The highest BCUT2D eigenvalue weighted by molar-refractivity contribution is 7.89. The van der Waals surface area contributed by atoms with E-state index in [2.05, 4.69) is 15.1 Å². The van der Waals surface area contributed by atoms with E-state index in [-0.39, 0.29) is 23.0 Å².